The zero-order valence-electron chi connectivity index (χ0n) is 18.0. The largest absolute Gasteiger partial charge is 0.384 e. The van der Waals surface area contributed by atoms with Gasteiger partial charge in [-0.15, -0.1) is 11.3 Å². The summed E-state index contributed by atoms with van der Waals surface area (Å²) < 4.78 is 7.36. The molecule has 4 rings (SSSR count). The SMILES string of the molecule is COC[C@@H]1C[C@@H](NC(=O)c2ccc(-n3ccccc3=O)cc2)[C@H](NC(=O)c2ccc(Cl)s2)C1. The highest BCUT2D eigenvalue weighted by molar-refractivity contribution is 7.18. The molecule has 2 amide bonds. The second kappa shape index (κ2) is 10.3. The Balaban J connectivity index is 1.45. The minimum absolute atomic E-state index is 0.143. The lowest BCUT2D eigenvalue weighted by Gasteiger charge is -2.22. The molecule has 33 heavy (non-hydrogen) atoms. The molecular weight excluding hydrogens is 462 g/mol. The van der Waals surface area contributed by atoms with Crippen LogP contribution in [-0.4, -0.2) is 42.2 Å². The van der Waals surface area contributed by atoms with Crippen molar-refractivity contribution in [2.75, 3.05) is 13.7 Å². The van der Waals surface area contributed by atoms with Gasteiger partial charge in [0, 0.05) is 49.3 Å². The summed E-state index contributed by atoms with van der Waals surface area (Å²) in [7, 11) is 1.65. The molecule has 172 valence electrons. The Bertz CT molecular complexity index is 1190. The van der Waals surface area contributed by atoms with E-state index in [1.165, 1.54) is 22.0 Å². The van der Waals surface area contributed by atoms with Gasteiger partial charge in [0.15, 0.2) is 0 Å². The summed E-state index contributed by atoms with van der Waals surface area (Å²) in [5.74, 6) is -0.208. The van der Waals surface area contributed by atoms with Crippen LogP contribution in [0.3, 0.4) is 0 Å². The smallest absolute Gasteiger partial charge is 0.261 e. The minimum Gasteiger partial charge on any atom is -0.384 e. The first kappa shape index (κ1) is 23.2. The van der Waals surface area contributed by atoms with Crippen molar-refractivity contribution in [1.82, 2.24) is 15.2 Å². The fraction of sp³-hybridized carbons (Fsp3) is 0.292. The van der Waals surface area contributed by atoms with Crippen molar-refractivity contribution >= 4 is 34.8 Å². The Kier molecular flexibility index (Phi) is 7.27. The van der Waals surface area contributed by atoms with Gasteiger partial charge >= 0.3 is 0 Å². The normalized spacial score (nSPS) is 19.9. The van der Waals surface area contributed by atoms with Gasteiger partial charge in [-0.25, -0.2) is 0 Å². The molecule has 0 radical (unpaired) electrons. The third-order valence-electron chi connectivity index (χ3n) is 5.72. The van der Waals surface area contributed by atoms with Crippen molar-refractivity contribution in [1.29, 1.82) is 0 Å². The number of nitrogens with zero attached hydrogens (tertiary/aromatic N) is 1. The molecular formula is C24H24ClN3O4S. The summed E-state index contributed by atoms with van der Waals surface area (Å²) in [5, 5.41) is 6.11. The molecule has 0 aliphatic heterocycles. The molecule has 1 aliphatic rings. The van der Waals surface area contributed by atoms with Gasteiger partial charge in [0.25, 0.3) is 17.4 Å². The molecule has 0 unspecified atom stereocenters. The molecule has 2 N–H and O–H groups in total. The lowest BCUT2D eigenvalue weighted by Crippen LogP contribution is -2.48. The van der Waals surface area contributed by atoms with E-state index in [1.54, 1.807) is 61.8 Å². The highest BCUT2D eigenvalue weighted by Crippen LogP contribution is 2.28. The number of rotatable bonds is 7. The lowest BCUT2D eigenvalue weighted by molar-refractivity contribution is 0.0894. The van der Waals surface area contributed by atoms with Crippen molar-refractivity contribution in [2.24, 2.45) is 5.92 Å². The number of ether oxygens (including phenoxy) is 1. The number of carbonyl (C=O) groups excluding carboxylic acids is 2. The number of hydrogen-bond acceptors (Lipinski definition) is 5. The van der Waals surface area contributed by atoms with Crippen molar-refractivity contribution in [3.63, 3.8) is 0 Å². The zero-order chi connectivity index (χ0) is 23.4. The second-order valence-electron chi connectivity index (χ2n) is 8.01. The van der Waals surface area contributed by atoms with Gasteiger partial charge in [-0.05, 0) is 61.2 Å². The quantitative estimate of drug-likeness (QED) is 0.536. The van der Waals surface area contributed by atoms with Crippen LogP contribution >= 0.6 is 22.9 Å². The van der Waals surface area contributed by atoms with E-state index in [9.17, 15) is 14.4 Å². The molecule has 1 aromatic carbocycles. The van der Waals surface area contributed by atoms with Crippen molar-refractivity contribution < 1.29 is 14.3 Å². The first-order valence-corrected chi connectivity index (χ1v) is 11.8. The molecule has 3 atom stereocenters. The predicted octanol–water partition coefficient (Wildman–Crippen LogP) is 3.51. The van der Waals surface area contributed by atoms with Crippen molar-refractivity contribution in [3.8, 4) is 5.69 Å². The zero-order valence-corrected chi connectivity index (χ0v) is 19.6. The fourth-order valence-corrected chi connectivity index (χ4v) is 5.12. The first-order valence-electron chi connectivity index (χ1n) is 10.6. The number of pyridine rings is 1. The van der Waals surface area contributed by atoms with E-state index < -0.39 is 0 Å². The monoisotopic (exact) mass is 485 g/mol. The molecule has 2 aromatic heterocycles. The highest BCUT2D eigenvalue weighted by Gasteiger charge is 2.36. The molecule has 1 fully saturated rings. The lowest BCUT2D eigenvalue weighted by atomic mass is 10.1. The van der Waals surface area contributed by atoms with Crippen molar-refractivity contribution in [3.05, 3.63) is 85.9 Å². The first-order chi connectivity index (χ1) is 15.9. The standard InChI is InChI=1S/C24H24ClN3O4S/c1-32-14-15-12-18(19(13-15)27-24(31)20-9-10-21(25)33-20)26-23(30)16-5-7-17(8-6-16)28-11-3-2-4-22(28)29/h2-11,15,18-19H,12-14H2,1H3,(H,26,30)(H,27,31)/t15-,18-,19-/m1/s1. The van der Waals surface area contributed by atoms with E-state index in [0.29, 0.717) is 39.9 Å². The number of methoxy groups -OCH3 is 1. The Morgan fingerprint density at radius 3 is 2.33 bits per heavy atom. The number of nitrogens with one attached hydrogen (secondary N) is 2. The molecule has 0 spiro atoms. The predicted molar refractivity (Wildman–Crippen MR) is 128 cm³/mol. The van der Waals surface area contributed by atoms with E-state index >= 15 is 0 Å². The van der Waals surface area contributed by atoms with E-state index in [-0.39, 0.29) is 35.4 Å². The molecule has 2 heterocycles. The van der Waals surface area contributed by atoms with Crippen LogP contribution in [0.15, 0.2) is 65.6 Å². The summed E-state index contributed by atoms with van der Waals surface area (Å²) in [6.45, 7) is 0.560. The van der Waals surface area contributed by atoms with Gasteiger partial charge in [0.05, 0.1) is 9.21 Å². The van der Waals surface area contributed by atoms with Gasteiger partial charge < -0.3 is 15.4 Å². The number of carbonyl (C=O) groups is 2. The number of halogens is 1. The minimum atomic E-state index is -0.233. The van der Waals surface area contributed by atoms with E-state index in [2.05, 4.69) is 10.6 Å². The maximum atomic E-state index is 12.9. The molecule has 9 heteroatoms. The summed E-state index contributed by atoms with van der Waals surface area (Å²) in [5.41, 5.74) is 1.02. The number of benzene rings is 1. The second-order valence-corrected chi connectivity index (χ2v) is 9.73. The van der Waals surface area contributed by atoms with Gasteiger partial charge in [-0.2, -0.15) is 0 Å². The Morgan fingerprint density at radius 1 is 1.03 bits per heavy atom. The third-order valence-corrected chi connectivity index (χ3v) is 6.95. The van der Waals surface area contributed by atoms with Crippen LogP contribution in [0, 0.1) is 5.92 Å². The molecule has 3 aromatic rings. The van der Waals surface area contributed by atoms with Crippen LogP contribution in [-0.2, 0) is 4.74 Å². The van der Waals surface area contributed by atoms with Crippen LogP contribution < -0.4 is 16.2 Å². The number of aromatic nitrogens is 1. The molecule has 0 saturated heterocycles. The summed E-state index contributed by atoms with van der Waals surface area (Å²) in [4.78, 5) is 38.1. The van der Waals surface area contributed by atoms with Gasteiger partial charge in [0.1, 0.15) is 0 Å². The maximum absolute atomic E-state index is 12.9. The summed E-state index contributed by atoms with van der Waals surface area (Å²) >= 11 is 7.18. The maximum Gasteiger partial charge on any atom is 0.261 e. The van der Waals surface area contributed by atoms with Crippen LogP contribution in [0.5, 0.6) is 0 Å². The van der Waals surface area contributed by atoms with Gasteiger partial charge in [0.2, 0.25) is 0 Å². The number of amides is 2. The fourth-order valence-electron chi connectivity index (χ4n) is 4.18. The van der Waals surface area contributed by atoms with Crippen LogP contribution in [0.2, 0.25) is 4.34 Å². The number of hydrogen-bond donors (Lipinski definition) is 2. The Hall–Kier alpha value is -2.94. The highest BCUT2D eigenvalue weighted by atomic mass is 35.5. The van der Waals surface area contributed by atoms with E-state index in [4.69, 9.17) is 16.3 Å². The average molecular weight is 486 g/mol. The topological polar surface area (TPSA) is 89.4 Å². The third kappa shape index (κ3) is 5.52. The van der Waals surface area contributed by atoms with Crippen LogP contribution in [0.1, 0.15) is 32.9 Å². The molecule has 0 bridgehead atoms. The summed E-state index contributed by atoms with van der Waals surface area (Å²) in [6.07, 6.45) is 3.09. The number of thiophene rings is 1. The molecule has 1 saturated carbocycles. The van der Waals surface area contributed by atoms with Crippen LogP contribution in [0.25, 0.3) is 5.69 Å². The summed E-state index contributed by atoms with van der Waals surface area (Å²) in [6, 6.07) is 14.7. The Morgan fingerprint density at radius 2 is 1.73 bits per heavy atom. The van der Waals surface area contributed by atoms with Gasteiger partial charge in [-0.3, -0.25) is 19.0 Å². The Labute approximate surface area is 200 Å². The van der Waals surface area contributed by atoms with E-state index in [1.807, 2.05) is 0 Å². The van der Waals surface area contributed by atoms with E-state index in [0.717, 1.165) is 0 Å². The van der Waals surface area contributed by atoms with Gasteiger partial charge in [-0.1, -0.05) is 17.7 Å². The molecule has 7 nitrogen and oxygen atoms in total. The average Bonchev–Trinajstić information content (AvgIpc) is 3.40. The molecule has 1 aliphatic carbocycles. The van der Waals surface area contributed by atoms with Crippen LogP contribution in [0.4, 0.5) is 0 Å². The van der Waals surface area contributed by atoms with Crippen molar-refractivity contribution in [2.45, 2.75) is 24.9 Å².